The number of hydrogen-bond donors (Lipinski definition) is 2. The van der Waals surface area contributed by atoms with E-state index >= 15 is 0 Å². The first-order chi connectivity index (χ1) is 10.1. The molecule has 0 aromatic heterocycles. The topological polar surface area (TPSA) is 35.5 Å². The van der Waals surface area contributed by atoms with Crippen LogP contribution in [0.5, 0.6) is 5.75 Å². The van der Waals surface area contributed by atoms with Gasteiger partial charge in [0.1, 0.15) is 5.75 Å². The van der Waals surface area contributed by atoms with Crippen molar-refractivity contribution in [2.45, 2.75) is 58.5 Å². The fourth-order valence-electron chi connectivity index (χ4n) is 3.17. The predicted octanol–water partition coefficient (Wildman–Crippen LogP) is 3.62. The Kier molecular flexibility index (Phi) is 6.07. The molecule has 0 bridgehead atoms. The fraction of sp³-hybridized carbons (Fsp3) is 0.667. The normalized spacial score (nSPS) is 18.8. The van der Waals surface area contributed by atoms with E-state index in [1.54, 1.807) is 6.07 Å². The molecule has 0 amide bonds. The van der Waals surface area contributed by atoms with Gasteiger partial charge >= 0.3 is 0 Å². The maximum atomic E-state index is 10.0. The quantitative estimate of drug-likeness (QED) is 0.840. The smallest absolute Gasteiger partial charge is 0.120 e. The molecule has 1 aromatic rings. The van der Waals surface area contributed by atoms with Crippen molar-refractivity contribution in [3.8, 4) is 5.75 Å². The zero-order chi connectivity index (χ0) is 15.2. The zero-order valence-corrected chi connectivity index (χ0v) is 13.7. The SMILES string of the molecule is CCCCN1CCC(NC(C)c2cc(C)ccc2O)CC1. The molecule has 1 unspecified atom stereocenters. The second-order valence-corrected chi connectivity index (χ2v) is 6.42. The van der Waals surface area contributed by atoms with E-state index in [9.17, 15) is 5.11 Å². The molecule has 0 radical (unpaired) electrons. The minimum Gasteiger partial charge on any atom is -0.508 e. The maximum Gasteiger partial charge on any atom is 0.120 e. The van der Waals surface area contributed by atoms with Crippen LogP contribution in [0.3, 0.4) is 0 Å². The molecule has 118 valence electrons. The van der Waals surface area contributed by atoms with Crippen molar-refractivity contribution >= 4 is 0 Å². The first-order valence-electron chi connectivity index (χ1n) is 8.38. The zero-order valence-electron chi connectivity index (χ0n) is 13.7. The Morgan fingerprint density at radius 3 is 2.71 bits per heavy atom. The van der Waals surface area contributed by atoms with Gasteiger partial charge in [-0.2, -0.15) is 0 Å². The van der Waals surface area contributed by atoms with Crippen LogP contribution in [0.2, 0.25) is 0 Å². The van der Waals surface area contributed by atoms with E-state index in [0.29, 0.717) is 11.8 Å². The summed E-state index contributed by atoms with van der Waals surface area (Å²) >= 11 is 0. The van der Waals surface area contributed by atoms with Crippen LogP contribution >= 0.6 is 0 Å². The van der Waals surface area contributed by atoms with E-state index in [4.69, 9.17) is 0 Å². The average molecular weight is 290 g/mol. The van der Waals surface area contributed by atoms with Gasteiger partial charge in [0.05, 0.1) is 0 Å². The molecule has 1 saturated heterocycles. The molecule has 1 aliphatic heterocycles. The highest BCUT2D eigenvalue weighted by Crippen LogP contribution is 2.26. The first-order valence-corrected chi connectivity index (χ1v) is 8.38. The molecular weight excluding hydrogens is 260 g/mol. The Morgan fingerprint density at radius 1 is 1.33 bits per heavy atom. The van der Waals surface area contributed by atoms with Crippen molar-refractivity contribution in [2.75, 3.05) is 19.6 Å². The average Bonchev–Trinajstić information content (AvgIpc) is 2.49. The van der Waals surface area contributed by atoms with Gasteiger partial charge in [-0.05, 0) is 58.8 Å². The lowest BCUT2D eigenvalue weighted by atomic mass is 10.00. The summed E-state index contributed by atoms with van der Waals surface area (Å²) in [6.07, 6.45) is 5.01. The van der Waals surface area contributed by atoms with Crippen molar-refractivity contribution in [3.63, 3.8) is 0 Å². The molecule has 0 spiro atoms. The van der Waals surface area contributed by atoms with Gasteiger partial charge in [0.25, 0.3) is 0 Å². The molecule has 1 atom stereocenters. The number of aryl methyl sites for hydroxylation is 1. The minimum absolute atomic E-state index is 0.206. The molecule has 2 rings (SSSR count). The summed E-state index contributed by atoms with van der Waals surface area (Å²) in [7, 11) is 0. The molecule has 3 nitrogen and oxygen atoms in total. The maximum absolute atomic E-state index is 10.0. The Labute approximate surface area is 129 Å². The standard InChI is InChI=1S/C18H30N2O/c1-4-5-10-20-11-8-16(9-12-20)19-15(3)17-13-14(2)6-7-18(17)21/h6-7,13,15-16,19,21H,4-5,8-12H2,1-3H3. The Bertz CT molecular complexity index is 439. The van der Waals surface area contributed by atoms with Crippen molar-refractivity contribution < 1.29 is 5.11 Å². The van der Waals surface area contributed by atoms with Crippen molar-refractivity contribution in [1.82, 2.24) is 10.2 Å². The van der Waals surface area contributed by atoms with E-state index in [0.717, 1.165) is 5.56 Å². The second-order valence-electron chi connectivity index (χ2n) is 6.42. The lowest BCUT2D eigenvalue weighted by Gasteiger charge is -2.34. The third-order valence-corrected chi connectivity index (χ3v) is 4.55. The Morgan fingerprint density at radius 2 is 2.05 bits per heavy atom. The highest BCUT2D eigenvalue weighted by molar-refractivity contribution is 5.37. The highest BCUT2D eigenvalue weighted by atomic mass is 16.3. The summed E-state index contributed by atoms with van der Waals surface area (Å²) < 4.78 is 0. The van der Waals surface area contributed by atoms with Gasteiger partial charge in [0.2, 0.25) is 0 Å². The van der Waals surface area contributed by atoms with Crippen LogP contribution in [-0.4, -0.2) is 35.7 Å². The first kappa shape index (κ1) is 16.3. The number of aromatic hydroxyl groups is 1. The van der Waals surface area contributed by atoms with Crippen molar-refractivity contribution in [3.05, 3.63) is 29.3 Å². The molecule has 2 N–H and O–H groups in total. The number of phenolic OH excluding ortho intramolecular Hbond substituents is 1. The summed E-state index contributed by atoms with van der Waals surface area (Å²) in [6.45, 7) is 10.1. The van der Waals surface area contributed by atoms with Crippen LogP contribution < -0.4 is 5.32 Å². The minimum atomic E-state index is 0.206. The third-order valence-electron chi connectivity index (χ3n) is 4.55. The fourth-order valence-corrected chi connectivity index (χ4v) is 3.17. The summed E-state index contributed by atoms with van der Waals surface area (Å²) in [6, 6.07) is 6.62. The van der Waals surface area contributed by atoms with Gasteiger partial charge in [0.15, 0.2) is 0 Å². The number of rotatable bonds is 6. The van der Waals surface area contributed by atoms with Crippen LogP contribution in [0.25, 0.3) is 0 Å². The number of nitrogens with one attached hydrogen (secondary N) is 1. The van der Waals surface area contributed by atoms with E-state index < -0.39 is 0 Å². The van der Waals surface area contributed by atoms with Crippen LogP contribution in [0, 0.1) is 6.92 Å². The number of unbranched alkanes of at least 4 members (excludes halogenated alkanes) is 1. The predicted molar refractivity (Wildman–Crippen MR) is 88.8 cm³/mol. The van der Waals surface area contributed by atoms with E-state index in [1.165, 1.54) is 50.9 Å². The van der Waals surface area contributed by atoms with Gasteiger partial charge < -0.3 is 15.3 Å². The van der Waals surface area contributed by atoms with Gasteiger partial charge in [-0.25, -0.2) is 0 Å². The number of piperidine rings is 1. The van der Waals surface area contributed by atoms with Gasteiger partial charge in [-0.3, -0.25) is 0 Å². The summed E-state index contributed by atoms with van der Waals surface area (Å²) in [5.41, 5.74) is 2.22. The number of hydrogen-bond acceptors (Lipinski definition) is 3. The molecule has 1 fully saturated rings. The summed E-state index contributed by atoms with van der Waals surface area (Å²) in [5, 5.41) is 13.7. The van der Waals surface area contributed by atoms with Gasteiger partial charge in [0, 0.05) is 17.6 Å². The number of phenols is 1. The lowest BCUT2D eigenvalue weighted by molar-refractivity contribution is 0.189. The summed E-state index contributed by atoms with van der Waals surface area (Å²) in [4.78, 5) is 2.58. The number of likely N-dealkylation sites (tertiary alicyclic amines) is 1. The molecule has 3 heteroatoms. The summed E-state index contributed by atoms with van der Waals surface area (Å²) in [5.74, 6) is 0.404. The molecule has 1 aromatic carbocycles. The molecule has 0 saturated carbocycles. The highest BCUT2D eigenvalue weighted by Gasteiger charge is 2.21. The molecular formula is C18H30N2O. The van der Waals surface area contributed by atoms with Gasteiger partial charge in [-0.15, -0.1) is 0 Å². The Balaban J connectivity index is 1.84. The third kappa shape index (κ3) is 4.72. The lowest BCUT2D eigenvalue weighted by Crippen LogP contribution is -2.43. The monoisotopic (exact) mass is 290 g/mol. The van der Waals surface area contributed by atoms with Crippen LogP contribution in [0.4, 0.5) is 0 Å². The van der Waals surface area contributed by atoms with Crippen molar-refractivity contribution in [2.24, 2.45) is 0 Å². The molecule has 1 aliphatic rings. The molecule has 0 aliphatic carbocycles. The van der Waals surface area contributed by atoms with Crippen LogP contribution in [0.1, 0.15) is 56.7 Å². The van der Waals surface area contributed by atoms with E-state index in [-0.39, 0.29) is 6.04 Å². The largest absolute Gasteiger partial charge is 0.508 e. The van der Waals surface area contributed by atoms with Crippen molar-refractivity contribution in [1.29, 1.82) is 0 Å². The number of benzene rings is 1. The second kappa shape index (κ2) is 7.81. The Hall–Kier alpha value is -1.06. The molecule has 1 heterocycles. The van der Waals surface area contributed by atoms with E-state index in [1.807, 2.05) is 6.07 Å². The molecule has 21 heavy (non-hydrogen) atoms. The van der Waals surface area contributed by atoms with Crippen LogP contribution in [0.15, 0.2) is 18.2 Å². The van der Waals surface area contributed by atoms with E-state index in [2.05, 4.69) is 37.1 Å². The van der Waals surface area contributed by atoms with Crippen LogP contribution in [-0.2, 0) is 0 Å². The van der Waals surface area contributed by atoms with Gasteiger partial charge in [-0.1, -0.05) is 31.0 Å². The number of nitrogens with zero attached hydrogens (tertiary/aromatic N) is 1.